The maximum atomic E-state index is 12.9. The average Bonchev–Trinajstić information content (AvgIpc) is 3.57. The van der Waals surface area contributed by atoms with E-state index < -0.39 is 78.1 Å². The Hall–Kier alpha value is -5.28. The molecule has 0 heterocycles. The smallest absolute Gasteiger partial charge is 0.323 e. The fourth-order valence-corrected chi connectivity index (χ4v) is 12.9. The highest BCUT2D eigenvalue weighted by Gasteiger charge is 2.37. The van der Waals surface area contributed by atoms with Crippen molar-refractivity contribution in [1.82, 2.24) is 20.3 Å². The summed E-state index contributed by atoms with van der Waals surface area (Å²) in [6.07, 6.45) is -0.851. The van der Waals surface area contributed by atoms with E-state index in [9.17, 15) is 37.4 Å². The number of carbonyl (C=O) groups excluding carboxylic acids is 4. The SMILES string of the molecule is CC(C)OC(=O)[C@H](C)N[P@@](=O)(Oc1ccccc1)C(C)C.CC(C)OC(=O)[C@H](C)N[P@@](=O)(Oc1ccccc1)C(C)C.CC(C)OC(=O)[C@H](C)N[P@@](=O)(Oc1ccccc1)C(C)C.CC(C)OC(=O)[C@H](C)N[P@](=O)(Oc1ccccc1)C(C)C. The van der Waals surface area contributed by atoms with Crippen LogP contribution in [0, 0.1) is 0 Å². The largest absolute Gasteiger partial charge is 0.462 e. The monoisotopic (exact) mass is 1250 g/mol. The first-order valence-corrected chi connectivity index (χ1v) is 35.1. The number of esters is 4. The highest BCUT2D eigenvalue weighted by Crippen LogP contribution is 2.51. The maximum Gasteiger partial charge on any atom is 0.323 e. The van der Waals surface area contributed by atoms with Crippen LogP contribution in [0.3, 0.4) is 0 Å². The Balaban J connectivity index is 0.000000560. The molecule has 0 aliphatic carbocycles. The number of carbonyl (C=O) groups is 4. The van der Waals surface area contributed by atoms with Gasteiger partial charge in [-0.05, 0) is 132 Å². The lowest BCUT2D eigenvalue weighted by Crippen LogP contribution is -2.37. The van der Waals surface area contributed by atoms with Crippen molar-refractivity contribution in [2.24, 2.45) is 0 Å². The van der Waals surface area contributed by atoms with Gasteiger partial charge in [0.15, 0.2) is 0 Å². The molecule has 0 spiro atoms. The molecule has 4 aromatic rings. The van der Waals surface area contributed by atoms with E-state index in [2.05, 4.69) is 20.3 Å². The molecule has 4 N–H and O–H groups in total. The zero-order valence-electron chi connectivity index (χ0n) is 52.8. The summed E-state index contributed by atoms with van der Waals surface area (Å²) in [5.74, 6) is 0.256. The van der Waals surface area contributed by atoms with Crippen LogP contribution in [0.2, 0.25) is 0 Å². The summed E-state index contributed by atoms with van der Waals surface area (Å²) < 4.78 is 94.7. The van der Waals surface area contributed by atoms with Gasteiger partial charge in [0.2, 0.25) is 0 Å². The Morgan fingerprint density at radius 1 is 0.274 bits per heavy atom. The molecule has 0 bridgehead atoms. The van der Waals surface area contributed by atoms with Gasteiger partial charge in [0, 0.05) is 0 Å². The topological polar surface area (TPSA) is 259 Å². The van der Waals surface area contributed by atoms with Crippen LogP contribution in [0.15, 0.2) is 121 Å². The normalized spacial score (nSPS) is 15.6. The van der Waals surface area contributed by atoms with E-state index in [0.717, 1.165) is 0 Å². The molecular weight excluding hydrogens is 1160 g/mol. The number of benzene rings is 4. The van der Waals surface area contributed by atoms with Gasteiger partial charge in [0.1, 0.15) is 47.2 Å². The second-order valence-electron chi connectivity index (χ2n) is 21.7. The third-order valence-corrected chi connectivity index (χ3v) is 21.3. The summed E-state index contributed by atoms with van der Waals surface area (Å²) >= 11 is 0. The first-order chi connectivity index (χ1) is 39.0. The molecule has 0 aromatic heterocycles. The fraction of sp³-hybridized carbons (Fsp3) is 0.533. The maximum absolute atomic E-state index is 12.9. The van der Waals surface area contributed by atoms with Crippen LogP contribution in [0.4, 0.5) is 0 Å². The van der Waals surface area contributed by atoms with Crippen LogP contribution in [-0.2, 0) is 56.4 Å². The number of ether oxygens (including phenoxy) is 4. The van der Waals surface area contributed by atoms with Crippen molar-refractivity contribution >= 4 is 54.0 Å². The predicted octanol–water partition coefficient (Wildman–Crippen LogP) is 14.4. The van der Waals surface area contributed by atoms with Crippen LogP contribution in [0.1, 0.15) is 138 Å². The summed E-state index contributed by atoms with van der Waals surface area (Å²) in [7, 11) is -12.9. The first-order valence-electron chi connectivity index (χ1n) is 28.3. The Labute approximate surface area is 500 Å². The summed E-state index contributed by atoms with van der Waals surface area (Å²) in [6.45, 7) is 35.0. The minimum absolute atomic E-state index is 0.213. The lowest BCUT2D eigenvalue weighted by atomic mass is 10.3. The van der Waals surface area contributed by atoms with Gasteiger partial charge < -0.3 is 37.0 Å². The van der Waals surface area contributed by atoms with Crippen LogP contribution in [0.5, 0.6) is 23.0 Å². The first kappa shape index (κ1) is 76.7. The van der Waals surface area contributed by atoms with Crippen molar-refractivity contribution < 1.29 is 74.5 Å². The van der Waals surface area contributed by atoms with Crippen LogP contribution in [0.25, 0.3) is 0 Å². The van der Waals surface area contributed by atoms with E-state index in [-0.39, 0.29) is 47.1 Å². The molecule has 0 radical (unpaired) electrons. The van der Waals surface area contributed by atoms with Gasteiger partial charge in [-0.3, -0.25) is 37.4 Å². The van der Waals surface area contributed by atoms with E-state index in [1.165, 1.54) is 0 Å². The van der Waals surface area contributed by atoms with Crippen LogP contribution >= 0.6 is 30.1 Å². The number of rotatable bonds is 28. The highest BCUT2D eigenvalue weighted by molar-refractivity contribution is 7.59. The molecule has 20 nitrogen and oxygen atoms in total. The van der Waals surface area contributed by atoms with Gasteiger partial charge >= 0.3 is 54.0 Å². The van der Waals surface area contributed by atoms with Crippen molar-refractivity contribution in [2.75, 3.05) is 0 Å². The van der Waals surface area contributed by atoms with E-state index in [4.69, 9.17) is 37.0 Å². The quantitative estimate of drug-likeness (QED) is 0.0234. The molecule has 0 aliphatic heterocycles. The summed E-state index contributed by atoms with van der Waals surface area (Å²) in [4.78, 5) is 47.4. The number of para-hydroxylation sites is 4. The summed E-state index contributed by atoms with van der Waals surface area (Å²) in [5.41, 5.74) is -1.09. The van der Waals surface area contributed by atoms with Gasteiger partial charge in [0.25, 0.3) is 0 Å². The molecular formula is C60H96N4O16P4. The Morgan fingerprint density at radius 3 is 0.536 bits per heavy atom. The second kappa shape index (κ2) is 37.3. The van der Waals surface area contributed by atoms with Crippen molar-refractivity contribution in [3.8, 4) is 23.0 Å². The third-order valence-electron chi connectivity index (χ3n) is 11.0. The van der Waals surface area contributed by atoms with Crippen molar-refractivity contribution in [3.63, 3.8) is 0 Å². The zero-order valence-corrected chi connectivity index (χ0v) is 56.4. The molecule has 0 aliphatic rings. The number of hydrogen-bond acceptors (Lipinski definition) is 16. The second-order valence-corrected chi connectivity index (χ2v) is 32.4. The van der Waals surface area contributed by atoms with Gasteiger partial charge in [-0.25, -0.2) is 20.3 Å². The van der Waals surface area contributed by atoms with Gasteiger partial charge in [-0.15, -0.1) is 0 Å². The summed E-state index contributed by atoms with van der Waals surface area (Å²) in [6, 6.07) is 32.8. The average molecular weight is 1250 g/mol. The van der Waals surface area contributed by atoms with E-state index in [1.54, 1.807) is 236 Å². The number of hydrogen-bond donors (Lipinski definition) is 4. The molecule has 24 heteroatoms. The van der Waals surface area contributed by atoms with E-state index >= 15 is 0 Å². The van der Waals surface area contributed by atoms with Gasteiger partial charge in [0.05, 0.1) is 47.1 Å². The zero-order chi connectivity index (χ0) is 64.2. The number of nitrogens with one attached hydrogen (secondary N) is 4. The van der Waals surface area contributed by atoms with Crippen molar-refractivity contribution in [3.05, 3.63) is 121 Å². The van der Waals surface area contributed by atoms with Gasteiger partial charge in [-0.2, -0.15) is 0 Å². The molecule has 4 rings (SSSR count). The lowest BCUT2D eigenvalue weighted by Gasteiger charge is -2.26. The molecule has 4 aromatic carbocycles. The van der Waals surface area contributed by atoms with Crippen LogP contribution < -0.4 is 38.4 Å². The van der Waals surface area contributed by atoms with Crippen molar-refractivity contribution in [1.29, 1.82) is 0 Å². The fourth-order valence-electron chi connectivity index (χ4n) is 6.30. The Morgan fingerprint density at radius 2 is 0.417 bits per heavy atom. The highest BCUT2D eigenvalue weighted by atomic mass is 31.2. The molecule has 0 unspecified atom stereocenters. The minimum Gasteiger partial charge on any atom is -0.462 e. The Bertz CT molecular complexity index is 2380. The van der Waals surface area contributed by atoms with E-state index in [0.29, 0.717) is 23.0 Å². The molecule has 0 amide bonds. The van der Waals surface area contributed by atoms with Crippen LogP contribution in [-0.4, -0.2) is 95.1 Å². The van der Waals surface area contributed by atoms with Gasteiger partial charge in [-0.1, -0.05) is 128 Å². The Kier molecular flexibility index (Phi) is 34.1. The molecule has 8 atom stereocenters. The molecule has 0 fully saturated rings. The van der Waals surface area contributed by atoms with Crippen molar-refractivity contribution in [2.45, 2.75) is 210 Å². The molecule has 472 valence electrons. The van der Waals surface area contributed by atoms with E-state index in [1.807, 2.05) is 24.3 Å². The minimum atomic E-state index is -3.22. The predicted molar refractivity (Wildman–Crippen MR) is 335 cm³/mol. The standard InChI is InChI=1S/4C15H24NO4P/c4*1-11(2)19-15(17)13(5)16-21(18,12(3)4)20-14-9-7-6-8-10-14/h4*6-13H,1-5H3,(H,16,18)/t13-,21+;3*13-,21-/m0000/s1. The lowest BCUT2D eigenvalue weighted by molar-refractivity contribution is -0.149. The third kappa shape index (κ3) is 29.2. The summed E-state index contributed by atoms with van der Waals surface area (Å²) in [5, 5.41) is 11.2. The molecule has 0 saturated heterocycles. The molecule has 0 saturated carbocycles. The molecule has 84 heavy (non-hydrogen) atoms.